The molecule has 4 heteroatoms. The lowest BCUT2D eigenvalue weighted by molar-refractivity contribution is -0.00922. The number of ether oxygens (including phenoxy) is 2. The lowest BCUT2D eigenvalue weighted by atomic mass is 9.80. The van der Waals surface area contributed by atoms with Crippen LogP contribution in [0, 0.1) is 5.41 Å². The SMILES string of the molecule is COCC1(COC)CCNCC1.Cl. The molecule has 1 N–H and O–H groups in total. The molecule has 0 bridgehead atoms. The molecule has 1 fully saturated rings. The summed E-state index contributed by atoms with van der Waals surface area (Å²) < 4.78 is 10.5. The molecule has 1 saturated heterocycles. The van der Waals surface area contributed by atoms with Crippen molar-refractivity contribution in [2.24, 2.45) is 5.41 Å². The van der Waals surface area contributed by atoms with Gasteiger partial charge in [-0.2, -0.15) is 0 Å². The normalized spacial score (nSPS) is 20.8. The third-order valence-corrected chi connectivity index (χ3v) is 2.57. The van der Waals surface area contributed by atoms with Crippen molar-refractivity contribution in [1.82, 2.24) is 5.32 Å². The summed E-state index contributed by atoms with van der Waals surface area (Å²) in [4.78, 5) is 0. The van der Waals surface area contributed by atoms with Gasteiger partial charge in [0.1, 0.15) is 0 Å². The third kappa shape index (κ3) is 3.81. The van der Waals surface area contributed by atoms with Gasteiger partial charge in [0, 0.05) is 19.6 Å². The topological polar surface area (TPSA) is 30.5 Å². The fourth-order valence-electron chi connectivity index (χ4n) is 1.90. The van der Waals surface area contributed by atoms with Crippen LogP contribution in [0.1, 0.15) is 12.8 Å². The van der Waals surface area contributed by atoms with E-state index in [1.54, 1.807) is 14.2 Å². The first-order chi connectivity index (χ1) is 5.83. The fourth-order valence-corrected chi connectivity index (χ4v) is 1.90. The van der Waals surface area contributed by atoms with E-state index < -0.39 is 0 Å². The minimum atomic E-state index is 0. The molecule has 1 heterocycles. The number of methoxy groups -OCH3 is 2. The fraction of sp³-hybridized carbons (Fsp3) is 1.00. The Hall–Kier alpha value is 0.170. The summed E-state index contributed by atoms with van der Waals surface area (Å²) in [5, 5.41) is 3.35. The number of piperidine rings is 1. The van der Waals surface area contributed by atoms with E-state index in [4.69, 9.17) is 9.47 Å². The highest BCUT2D eigenvalue weighted by molar-refractivity contribution is 5.85. The molecule has 0 saturated carbocycles. The molecule has 0 amide bonds. The van der Waals surface area contributed by atoms with Gasteiger partial charge in [0.25, 0.3) is 0 Å². The van der Waals surface area contributed by atoms with Gasteiger partial charge >= 0.3 is 0 Å². The first-order valence-electron chi connectivity index (χ1n) is 4.52. The van der Waals surface area contributed by atoms with E-state index in [9.17, 15) is 0 Å². The first kappa shape index (κ1) is 13.2. The van der Waals surface area contributed by atoms with Crippen molar-refractivity contribution in [3.8, 4) is 0 Å². The average molecular weight is 210 g/mol. The summed E-state index contributed by atoms with van der Waals surface area (Å²) in [6.07, 6.45) is 2.32. The summed E-state index contributed by atoms with van der Waals surface area (Å²) in [5.41, 5.74) is 0.273. The molecule has 0 aromatic heterocycles. The molecule has 0 unspecified atom stereocenters. The van der Waals surface area contributed by atoms with Crippen LogP contribution in [0.25, 0.3) is 0 Å². The second-order valence-corrected chi connectivity index (χ2v) is 3.62. The van der Waals surface area contributed by atoms with E-state index >= 15 is 0 Å². The van der Waals surface area contributed by atoms with Gasteiger partial charge < -0.3 is 14.8 Å². The Bertz CT molecular complexity index is 111. The van der Waals surface area contributed by atoms with Crippen molar-refractivity contribution in [2.45, 2.75) is 12.8 Å². The highest BCUT2D eigenvalue weighted by atomic mass is 35.5. The molecular weight excluding hydrogens is 190 g/mol. The Morgan fingerprint density at radius 3 is 1.92 bits per heavy atom. The Morgan fingerprint density at radius 1 is 1.08 bits per heavy atom. The van der Waals surface area contributed by atoms with E-state index in [1.807, 2.05) is 0 Å². The molecule has 1 aliphatic rings. The standard InChI is InChI=1S/C9H19NO2.ClH/c1-11-7-9(8-12-2)3-5-10-6-4-9;/h10H,3-8H2,1-2H3;1H. The van der Waals surface area contributed by atoms with Crippen molar-refractivity contribution in [3.63, 3.8) is 0 Å². The molecule has 1 aliphatic heterocycles. The van der Waals surface area contributed by atoms with Crippen molar-refractivity contribution in [1.29, 1.82) is 0 Å². The van der Waals surface area contributed by atoms with E-state index in [2.05, 4.69) is 5.32 Å². The summed E-state index contributed by atoms with van der Waals surface area (Å²) in [6.45, 7) is 3.82. The zero-order valence-corrected chi connectivity index (χ0v) is 9.28. The van der Waals surface area contributed by atoms with E-state index in [-0.39, 0.29) is 17.8 Å². The van der Waals surface area contributed by atoms with Crippen LogP contribution >= 0.6 is 12.4 Å². The van der Waals surface area contributed by atoms with Crippen molar-refractivity contribution >= 4 is 12.4 Å². The molecule has 0 atom stereocenters. The van der Waals surface area contributed by atoms with Gasteiger partial charge in [-0.05, 0) is 25.9 Å². The molecule has 0 aromatic carbocycles. The second-order valence-electron chi connectivity index (χ2n) is 3.62. The van der Waals surface area contributed by atoms with Crippen LogP contribution in [0.15, 0.2) is 0 Å². The second kappa shape index (κ2) is 6.60. The third-order valence-electron chi connectivity index (χ3n) is 2.57. The van der Waals surface area contributed by atoms with Gasteiger partial charge in [-0.3, -0.25) is 0 Å². The maximum Gasteiger partial charge on any atom is 0.0541 e. The van der Waals surface area contributed by atoms with Crippen LogP contribution < -0.4 is 5.32 Å². The summed E-state index contributed by atoms with van der Waals surface area (Å²) in [6, 6.07) is 0. The summed E-state index contributed by atoms with van der Waals surface area (Å²) >= 11 is 0. The number of hydrogen-bond donors (Lipinski definition) is 1. The Morgan fingerprint density at radius 2 is 1.54 bits per heavy atom. The monoisotopic (exact) mass is 209 g/mol. The molecule has 0 aliphatic carbocycles. The smallest absolute Gasteiger partial charge is 0.0541 e. The highest BCUT2D eigenvalue weighted by Gasteiger charge is 2.31. The molecule has 0 radical (unpaired) electrons. The van der Waals surface area contributed by atoms with E-state index in [1.165, 1.54) is 0 Å². The van der Waals surface area contributed by atoms with Gasteiger partial charge in [-0.1, -0.05) is 0 Å². The predicted molar refractivity (Wildman–Crippen MR) is 55.5 cm³/mol. The van der Waals surface area contributed by atoms with Crippen molar-refractivity contribution in [2.75, 3.05) is 40.5 Å². The maximum absolute atomic E-state index is 5.23. The lowest BCUT2D eigenvalue weighted by Crippen LogP contribution is -2.42. The zero-order chi connectivity index (χ0) is 8.86. The molecule has 0 spiro atoms. The zero-order valence-electron chi connectivity index (χ0n) is 8.47. The van der Waals surface area contributed by atoms with E-state index in [0.29, 0.717) is 0 Å². The van der Waals surface area contributed by atoms with Gasteiger partial charge in [-0.25, -0.2) is 0 Å². The lowest BCUT2D eigenvalue weighted by Gasteiger charge is -2.36. The number of halogens is 1. The van der Waals surface area contributed by atoms with Crippen LogP contribution in [0.4, 0.5) is 0 Å². The van der Waals surface area contributed by atoms with Gasteiger partial charge in [0.15, 0.2) is 0 Å². The largest absolute Gasteiger partial charge is 0.384 e. The van der Waals surface area contributed by atoms with Crippen LogP contribution in [-0.2, 0) is 9.47 Å². The summed E-state index contributed by atoms with van der Waals surface area (Å²) in [7, 11) is 3.53. The molecule has 1 rings (SSSR count). The quantitative estimate of drug-likeness (QED) is 0.752. The van der Waals surface area contributed by atoms with Crippen LogP contribution in [0.2, 0.25) is 0 Å². The van der Waals surface area contributed by atoms with Crippen LogP contribution in [-0.4, -0.2) is 40.5 Å². The Balaban J connectivity index is 0.00000144. The highest BCUT2D eigenvalue weighted by Crippen LogP contribution is 2.28. The first-order valence-corrected chi connectivity index (χ1v) is 4.52. The Labute approximate surface area is 86.6 Å². The van der Waals surface area contributed by atoms with Gasteiger partial charge in [-0.15, -0.1) is 12.4 Å². The minimum Gasteiger partial charge on any atom is -0.384 e. The predicted octanol–water partition coefficient (Wildman–Crippen LogP) is 1.07. The average Bonchev–Trinajstić information content (AvgIpc) is 2.07. The van der Waals surface area contributed by atoms with Gasteiger partial charge in [0.2, 0.25) is 0 Å². The molecule has 0 aromatic rings. The number of hydrogen-bond acceptors (Lipinski definition) is 3. The van der Waals surface area contributed by atoms with Crippen molar-refractivity contribution < 1.29 is 9.47 Å². The number of rotatable bonds is 4. The maximum atomic E-state index is 5.23. The number of nitrogens with one attached hydrogen (secondary N) is 1. The molecule has 3 nitrogen and oxygen atoms in total. The minimum absolute atomic E-state index is 0. The molecular formula is C9H20ClNO2. The van der Waals surface area contributed by atoms with Crippen LogP contribution in [0.5, 0.6) is 0 Å². The summed E-state index contributed by atoms with van der Waals surface area (Å²) in [5.74, 6) is 0. The van der Waals surface area contributed by atoms with Gasteiger partial charge in [0.05, 0.1) is 13.2 Å². The van der Waals surface area contributed by atoms with Crippen LogP contribution in [0.3, 0.4) is 0 Å². The molecule has 80 valence electrons. The van der Waals surface area contributed by atoms with Crippen molar-refractivity contribution in [3.05, 3.63) is 0 Å². The van der Waals surface area contributed by atoms with E-state index in [0.717, 1.165) is 39.1 Å². The molecule has 13 heavy (non-hydrogen) atoms. The Kier molecular flexibility index (Phi) is 6.68.